The summed E-state index contributed by atoms with van der Waals surface area (Å²) in [7, 11) is 0. The van der Waals surface area contributed by atoms with Crippen molar-refractivity contribution in [1.29, 1.82) is 0 Å². The first-order chi connectivity index (χ1) is 20.8. The van der Waals surface area contributed by atoms with Gasteiger partial charge in [0.1, 0.15) is 0 Å². The SMILES string of the molecule is CC(C)(C)CCC1O[C@@H]2CC3C4CCC5=CC(=O)C=CC5(C)C4[C@@H](O)CC3(C)[C@]2(C(=O)SCc2ccc3ccccc3c2)O1. The van der Waals surface area contributed by atoms with Gasteiger partial charge in [0.05, 0.1) is 12.2 Å². The van der Waals surface area contributed by atoms with Crippen molar-refractivity contribution < 1.29 is 24.2 Å². The molecular weight excluding hydrogens is 568 g/mol. The fourth-order valence-electron chi connectivity index (χ4n) is 9.75. The highest BCUT2D eigenvalue weighted by Crippen LogP contribution is 2.70. The van der Waals surface area contributed by atoms with E-state index < -0.39 is 23.4 Å². The Hall–Kier alpha value is -2.25. The molecule has 6 unspecified atom stereocenters. The molecule has 1 aliphatic heterocycles. The molecule has 1 N–H and O–H groups in total. The summed E-state index contributed by atoms with van der Waals surface area (Å²) in [5.74, 6) is 0.994. The van der Waals surface area contributed by atoms with E-state index in [4.69, 9.17) is 9.47 Å². The normalized spacial score (nSPS) is 39.4. The largest absolute Gasteiger partial charge is 0.393 e. The average molecular weight is 615 g/mol. The maximum Gasteiger partial charge on any atom is 0.224 e. The van der Waals surface area contributed by atoms with Crippen LogP contribution in [0.15, 0.2) is 66.3 Å². The molecule has 5 nitrogen and oxygen atoms in total. The Kier molecular flexibility index (Phi) is 7.36. The van der Waals surface area contributed by atoms with Crippen molar-refractivity contribution in [3.63, 3.8) is 0 Å². The van der Waals surface area contributed by atoms with Gasteiger partial charge in [-0.25, -0.2) is 0 Å². The van der Waals surface area contributed by atoms with E-state index in [1.807, 2.05) is 18.2 Å². The minimum atomic E-state index is -1.11. The lowest BCUT2D eigenvalue weighted by Gasteiger charge is -2.59. The number of carbonyl (C=O) groups is 2. The van der Waals surface area contributed by atoms with Crippen molar-refractivity contribution in [2.75, 3.05) is 0 Å². The predicted molar refractivity (Wildman–Crippen MR) is 175 cm³/mol. The smallest absolute Gasteiger partial charge is 0.224 e. The van der Waals surface area contributed by atoms with Gasteiger partial charge in [-0.2, -0.15) is 0 Å². The number of benzene rings is 2. The fourth-order valence-corrected chi connectivity index (χ4v) is 10.9. The lowest BCUT2D eigenvalue weighted by atomic mass is 9.46. The molecule has 1 saturated heterocycles. The van der Waals surface area contributed by atoms with Crippen LogP contribution in [-0.2, 0) is 24.8 Å². The van der Waals surface area contributed by atoms with Crippen LogP contribution in [0.4, 0.5) is 0 Å². The van der Waals surface area contributed by atoms with Gasteiger partial charge >= 0.3 is 0 Å². The summed E-state index contributed by atoms with van der Waals surface area (Å²) < 4.78 is 13.7. The molecule has 5 aliphatic rings. The lowest BCUT2D eigenvalue weighted by molar-refractivity contribution is -0.194. The number of hydrogen-bond donors (Lipinski definition) is 1. The summed E-state index contributed by atoms with van der Waals surface area (Å²) in [5.41, 5.74) is 0.356. The summed E-state index contributed by atoms with van der Waals surface area (Å²) in [4.78, 5) is 27.0. The number of carbonyl (C=O) groups excluding carboxylic acids is 2. The molecule has 6 heteroatoms. The van der Waals surface area contributed by atoms with Crippen molar-refractivity contribution in [2.24, 2.45) is 34.0 Å². The van der Waals surface area contributed by atoms with Gasteiger partial charge in [0.15, 0.2) is 17.7 Å². The molecule has 0 spiro atoms. The fraction of sp³-hybridized carbons (Fsp3) is 0.579. The summed E-state index contributed by atoms with van der Waals surface area (Å²) in [6, 6.07) is 14.7. The van der Waals surface area contributed by atoms with Crippen molar-refractivity contribution in [3.8, 4) is 0 Å². The lowest BCUT2D eigenvalue weighted by Crippen LogP contribution is -2.62. The quantitative estimate of drug-likeness (QED) is 0.371. The number of aliphatic hydroxyl groups is 1. The Morgan fingerprint density at radius 3 is 2.66 bits per heavy atom. The second-order valence-corrected chi connectivity index (χ2v) is 16.7. The third-order valence-corrected chi connectivity index (χ3v) is 12.9. The van der Waals surface area contributed by atoms with Crippen LogP contribution < -0.4 is 0 Å². The Balaban J connectivity index is 1.21. The minimum absolute atomic E-state index is 0.00200. The highest BCUT2D eigenvalue weighted by molar-refractivity contribution is 8.13. The topological polar surface area (TPSA) is 72.8 Å². The van der Waals surface area contributed by atoms with Crippen molar-refractivity contribution in [2.45, 2.75) is 103 Å². The number of fused-ring (bicyclic) bond motifs is 8. The molecule has 2 aromatic rings. The van der Waals surface area contributed by atoms with E-state index in [2.05, 4.69) is 65.0 Å². The molecule has 3 saturated carbocycles. The number of allylic oxidation sites excluding steroid dienone is 4. The molecule has 0 radical (unpaired) electrons. The predicted octanol–water partition coefficient (Wildman–Crippen LogP) is 7.79. The van der Waals surface area contributed by atoms with E-state index in [0.29, 0.717) is 12.2 Å². The van der Waals surface area contributed by atoms with Crippen LogP contribution in [0, 0.1) is 34.0 Å². The van der Waals surface area contributed by atoms with Crippen LogP contribution in [0.2, 0.25) is 0 Å². The van der Waals surface area contributed by atoms with Crippen LogP contribution in [0.25, 0.3) is 10.8 Å². The Morgan fingerprint density at radius 2 is 1.89 bits per heavy atom. The Morgan fingerprint density at radius 1 is 1.11 bits per heavy atom. The first kappa shape index (κ1) is 30.4. The van der Waals surface area contributed by atoms with Crippen LogP contribution in [-0.4, -0.2) is 40.1 Å². The second kappa shape index (κ2) is 10.7. The molecular formula is C38H46O5S. The molecule has 1 heterocycles. The third kappa shape index (κ3) is 4.70. The molecule has 234 valence electrons. The van der Waals surface area contributed by atoms with Gasteiger partial charge in [-0.05, 0) is 84.3 Å². The molecule has 0 bridgehead atoms. The third-order valence-electron chi connectivity index (χ3n) is 11.9. The van der Waals surface area contributed by atoms with Gasteiger partial charge in [0, 0.05) is 22.5 Å². The van der Waals surface area contributed by atoms with E-state index in [1.165, 1.54) is 22.5 Å². The number of ether oxygens (including phenoxy) is 2. The first-order valence-corrected chi connectivity index (χ1v) is 17.4. The number of aliphatic hydroxyl groups excluding tert-OH is 1. The van der Waals surface area contributed by atoms with Crippen LogP contribution in [0.3, 0.4) is 0 Å². The van der Waals surface area contributed by atoms with E-state index >= 15 is 0 Å². The number of thioether (sulfide) groups is 1. The number of rotatable bonds is 5. The van der Waals surface area contributed by atoms with Crippen molar-refractivity contribution in [1.82, 2.24) is 0 Å². The Bertz CT molecular complexity index is 1550. The zero-order valence-electron chi connectivity index (χ0n) is 26.7. The minimum Gasteiger partial charge on any atom is -0.393 e. The van der Waals surface area contributed by atoms with Gasteiger partial charge < -0.3 is 14.6 Å². The summed E-state index contributed by atoms with van der Waals surface area (Å²) >= 11 is 1.35. The molecule has 4 fully saturated rings. The van der Waals surface area contributed by atoms with Gasteiger partial charge in [-0.1, -0.05) is 100 Å². The standard InChI is InChI=1S/C38H46O5S/c1-35(2,3)16-15-32-42-31-20-29-28-13-12-26-19-27(39)14-17-36(26,4)33(28)30(40)21-37(29,5)38(31,43-32)34(41)44-22-23-10-11-24-8-6-7-9-25(24)18-23/h6-11,14,17-19,28-33,40H,12-13,15-16,20-22H2,1-5H3/t28?,29?,30-,31+,32?,33?,36?,37?,38-/m0/s1. The highest BCUT2D eigenvalue weighted by atomic mass is 32.2. The summed E-state index contributed by atoms with van der Waals surface area (Å²) in [6.07, 6.45) is 8.80. The molecule has 7 rings (SSSR count). The van der Waals surface area contributed by atoms with E-state index in [9.17, 15) is 14.7 Å². The maximum absolute atomic E-state index is 14.7. The highest BCUT2D eigenvalue weighted by Gasteiger charge is 2.76. The molecule has 4 aliphatic carbocycles. The van der Waals surface area contributed by atoms with Crippen molar-refractivity contribution >= 4 is 33.4 Å². The zero-order chi connectivity index (χ0) is 31.1. The molecule has 0 aromatic heterocycles. The maximum atomic E-state index is 14.7. The van der Waals surface area contributed by atoms with Crippen LogP contribution in [0.5, 0.6) is 0 Å². The van der Waals surface area contributed by atoms with Gasteiger partial charge in [0.2, 0.25) is 5.12 Å². The molecule has 9 atom stereocenters. The monoisotopic (exact) mass is 614 g/mol. The Labute approximate surface area is 265 Å². The van der Waals surface area contributed by atoms with Crippen LogP contribution in [0.1, 0.15) is 78.7 Å². The number of ketones is 1. The average Bonchev–Trinajstić information content (AvgIpc) is 3.47. The van der Waals surface area contributed by atoms with Gasteiger partial charge in [0.25, 0.3) is 0 Å². The summed E-state index contributed by atoms with van der Waals surface area (Å²) in [6.45, 7) is 11.1. The van der Waals surface area contributed by atoms with E-state index in [-0.39, 0.29) is 45.6 Å². The van der Waals surface area contributed by atoms with Gasteiger partial charge in [-0.15, -0.1) is 0 Å². The molecule has 2 aromatic carbocycles. The zero-order valence-corrected chi connectivity index (χ0v) is 27.5. The first-order valence-electron chi connectivity index (χ1n) is 16.4. The second-order valence-electron chi connectivity index (χ2n) is 15.7. The van der Waals surface area contributed by atoms with E-state index in [0.717, 1.165) is 43.2 Å². The van der Waals surface area contributed by atoms with Crippen molar-refractivity contribution in [3.05, 3.63) is 71.8 Å². The van der Waals surface area contributed by atoms with Gasteiger partial charge in [-0.3, -0.25) is 9.59 Å². The van der Waals surface area contributed by atoms with E-state index in [1.54, 1.807) is 12.2 Å². The number of hydrogen-bond acceptors (Lipinski definition) is 6. The molecule has 0 amide bonds. The van der Waals surface area contributed by atoms with Crippen LogP contribution >= 0.6 is 11.8 Å². The summed E-state index contributed by atoms with van der Waals surface area (Å²) in [5, 5.41) is 14.4. The molecule has 44 heavy (non-hydrogen) atoms.